The molecule has 1 aliphatic rings. The molecule has 1 aromatic rings. The summed E-state index contributed by atoms with van der Waals surface area (Å²) in [6, 6.07) is 4.71. The van der Waals surface area contributed by atoms with Crippen LogP contribution >= 0.6 is 11.6 Å². The van der Waals surface area contributed by atoms with E-state index in [9.17, 15) is 9.90 Å². The Labute approximate surface area is 99.4 Å². The predicted molar refractivity (Wildman–Crippen MR) is 63.7 cm³/mol. The minimum Gasteiger partial charge on any atom is -0.506 e. The van der Waals surface area contributed by atoms with Gasteiger partial charge in [0.25, 0.3) is 0 Å². The number of benzene rings is 1. The second-order valence-electron chi connectivity index (χ2n) is 4.22. The number of phenols is 1. The lowest BCUT2D eigenvalue weighted by Crippen LogP contribution is -2.20. The number of phenolic OH excluding ortho intramolecular Hbond substituents is 1. The zero-order valence-electron chi connectivity index (χ0n) is 8.87. The van der Waals surface area contributed by atoms with Crippen molar-refractivity contribution in [1.82, 2.24) is 0 Å². The smallest absolute Gasteiger partial charge is 0.224 e. The Morgan fingerprint density at radius 1 is 1.50 bits per heavy atom. The number of carbonyl (C=O) groups excluding carboxylic acids is 1. The van der Waals surface area contributed by atoms with Gasteiger partial charge >= 0.3 is 0 Å². The van der Waals surface area contributed by atoms with Gasteiger partial charge in [0.05, 0.1) is 5.02 Å². The summed E-state index contributed by atoms with van der Waals surface area (Å²) < 4.78 is 0. The van der Waals surface area contributed by atoms with E-state index < -0.39 is 0 Å². The van der Waals surface area contributed by atoms with Crippen molar-refractivity contribution in [3.8, 4) is 5.75 Å². The Kier molecular flexibility index (Phi) is 3.34. The van der Waals surface area contributed by atoms with Crippen LogP contribution in [-0.4, -0.2) is 11.0 Å². The fraction of sp³-hybridized carbons (Fsp3) is 0.417. The van der Waals surface area contributed by atoms with Crippen LogP contribution < -0.4 is 5.32 Å². The van der Waals surface area contributed by atoms with Crippen molar-refractivity contribution in [1.29, 1.82) is 0 Å². The first kappa shape index (κ1) is 11.3. The van der Waals surface area contributed by atoms with Crippen LogP contribution in [-0.2, 0) is 4.79 Å². The molecule has 0 radical (unpaired) electrons. The molecule has 0 spiro atoms. The monoisotopic (exact) mass is 239 g/mol. The van der Waals surface area contributed by atoms with Crippen LogP contribution in [0.15, 0.2) is 18.2 Å². The van der Waals surface area contributed by atoms with Crippen molar-refractivity contribution in [3.05, 3.63) is 23.2 Å². The molecule has 1 saturated carbocycles. The number of hydrogen-bond acceptors (Lipinski definition) is 2. The molecule has 2 N–H and O–H groups in total. The summed E-state index contributed by atoms with van der Waals surface area (Å²) in [5.74, 6) is 0.537. The van der Waals surface area contributed by atoms with E-state index in [0.29, 0.717) is 18.0 Å². The number of nitrogens with one attached hydrogen (secondary N) is 1. The minimum atomic E-state index is -0.0110. The number of hydrogen-bond donors (Lipinski definition) is 2. The Balaban J connectivity index is 1.92. The van der Waals surface area contributed by atoms with Gasteiger partial charge in [-0.1, -0.05) is 18.0 Å². The number of anilines is 1. The summed E-state index contributed by atoms with van der Waals surface area (Å²) in [4.78, 5) is 11.6. The molecule has 4 heteroatoms. The van der Waals surface area contributed by atoms with Gasteiger partial charge in [-0.15, -0.1) is 0 Å². The molecule has 16 heavy (non-hydrogen) atoms. The molecule has 0 atom stereocenters. The van der Waals surface area contributed by atoms with Gasteiger partial charge in [0.1, 0.15) is 5.75 Å². The zero-order chi connectivity index (χ0) is 11.5. The van der Waals surface area contributed by atoms with Gasteiger partial charge in [0.15, 0.2) is 0 Å². The van der Waals surface area contributed by atoms with Crippen molar-refractivity contribution < 1.29 is 9.90 Å². The maximum Gasteiger partial charge on any atom is 0.224 e. The average molecular weight is 240 g/mol. The van der Waals surface area contributed by atoms with Gasteiger partial charge in [-0.25, -0.2) is 0 Å². The Hall–Kier alpha value is -1.22. The topological polar surface area (TPSA) is 49.3 Å². The van der Waals surface area contributed by atoms with Gasteiger partial charge in [0, 0.05) is 18.2 Å². The second-order valence-corrected chi connectivity index (χ2v) is 4.62. The van der Waals surface area contributed by atoms with Gasteiger partial charge in [0.2, 0.25) is 5.91 Å². The standard InChI is InChI=1S/C12H14ClNO2/c13-10-5-4-9(7-11(10)15)14-12(16)6-8-2-1-3-8/h4-5,7-8,15H,1-3,6H2,(H,14,16). The molecular formula is C12H14ClNO2. The van der Waals surface area contributed by atoms with Gasteiger partial charge < -0.3 is 10.4 Å². The van der Waals surface area contributed by atoms with Crippen LogP contribution in [0, 0.1) is 5.92 Å². The first-order chi connectivity index (χ1) is 7.65. The van der Waals surface area contributed by atoms with Crippen LogP contribution in [0.25, 0.3) is 0 Å². The van der Waals surface area contributed by atoms with E-state index in [0.717, 1.165) is 12.8 Å². The highest BCUT2D eigenvalue weighted by atomic mass is 35.5. The summed E-state index contributed by atoms with van der Waals surface area (Å²) in [5.41, 5.74) is 0.589. The molecule has 3 nitrogen and oxygen atoms in total. The highest BCUT2D eigenvalue weighted by Crippen LogP contribution is 2.30. The third-order valence-corrected chi connectivity index (χ3v) is 3.25. The molecule has 0 heterocycles. The summed E-state index contributed by atoms with van der Waals surface area (Å²) in [6.07, 6.45) is 4.11. The van der Waals surface area contributed by atoms with Crippen LogP contribution in [0.3, 0.4) is 0 Å². The largest absolute Gasteiger partial charge is 0.506 e. The Morgan fingerprint density at radius 2 is 2.25 bits per heavy atom. The van der Waals surface area contributed by atoms with E-state index in [-0.39, 0.29) is 16.7 Å². The molecule has 1 amide bonds. The molecule has 1 aromatic carbocycles. The van der Waals surface area contributed by atoms with Crippen molar-refractivity contribution in [3.63, 3.8) is 0 Å². The van der Waals surface area contributed by atoms with E-state index in [4.69, 9.17) is 11.6 Å². The molecule has 86 valence electrons. The summed E-state index contributed by atoms with van der Waals surface area (Å²) in [5, 5.41) is 12.4. The SMILES string of the molecule is O=C(CC1CCC1)Nc1ccc(Cl)c(O)c1. The number of amides is 1. The maximum atomic E-state index is 11.6. The third-order valence-electron chi connectivity index (χ3n) is 2.93. The number of halogens is 1. The zero-order valence-corrected chi connectivity index (χ0v) is 9.63. The summed E-state index contributed by atoms with van der Waals surface area (Å²) in [6.45, 7) is 0. The van der Waals surface area contributed by atoms with Gasteiger partial charge in [-0.3, -0.25) is 4.79 Å². The average Bonchev–Trinajstić information content (AvgIpc) is 2.18. The normalized spacial score (nSPS) is 15.6. The molecule has 0 saturated heterocycles. The van der Waals surface area contributed by atoms with E-state index in [1.54, 1.807) is 12.1 Å². The highest BCUT2D eigenvalue weighted by Gasteiger charge is 2.20. The summed E-state index contributed by atoms with van der Waals surface area (Å²) in [7, 11) is 0. The molecule has 2 rings (SSSR count). The van der Waals surface area contributed by atoms with Gasteiger partial charge in [-0.2, -0.15) is 0 Å². The van der Waals surface area contributed by atoms with Crippen molar-refractivity contribution in [2.24, 2.45) is 5.92 Å². The Bertz CT molecular complexity index is 402. The lowest BCUT2D eigenvalue weighted by Gasteiger charge is -2.24. The van der Waals surface area contributed by atoms with Crippen LogP contribution in [0.4, 0.5) is 5.69 Å². The molecule has 0 bridgehead atoms. The minimum absolute atomic E-state index is 0.00595. The van der Waals surface area contributed by atoms with Crippen molar-refractivity contribution >= 4 is 23.2 Å². The first-order valence-electron chi connectivity index (χ1n) is 5.43. The quantitative estimate of drug-likeness (QED) is 0.851. The van der Waals surface area contributed by atoms with Crippen molar-refractivity contribution in [2.45, 2.75) is 25.7 Å². The second kappa shape index (κ2) is 4.74. The van der Waals surface area contributed by atoms with E-state index in [1.807, 2.05) is 0 Å². The van der Waals surface area contributed by atoms with Crippen LogP contribution in [0.1, 0.15) is 25.7 Å². The molecule has 0 aromatic heterocycles. The molecule has 0 unspecified atom stereocenters. The van der Waals surface area contributed by atoms with E-state index in [2.05, 4.69) is 5.32 Å². The predicted octanol–water partition coefficient (Wildman–Crippen LogP) is 3.17. The van der Waals surface area contributed by atoms with E-state index >= 15 is 0 Å². The Morgan fingerprint density at radius 3 is 2.81 bits per heavy atom. The fourth-order valence-electron chi connectivity index (χ4n) is 1.76. The highest BCUT2D eigenvalue weighted by molar-refractivity contribution is 6.32. The molecular weight excluding hydrogens is 226 g/mol. The van der Waals surface area contributed by atoms with Gasteiger partial charge in [-0.05, 0) is 30.9 Å². The molecule has 0 aliphatic heterocycles. The van der Waals surface area contributed by atoms with Crippen molar-refractivity contribution in [2.75, 3.05) is 5.32 Å². The number of carbonyl (C=O) groups is 1. The number of rotatable bonds is 3. The molecule has 1 aliphatic carbocycles. The number of aromatic hydroxyl groups is 1. The van der Waals surface area contributed by atoms with Crippen LogP contribution in [0.2, 0.25) is 5.02 Å². The van der Waals surface area contributed by atoms with Crippen LogP contribution in [0.5, 0.6) is 5.75 Å². The third kappa shape index (κ3) is 2.67. The molecule has 1 fully saturated rings. The first-order valence-corrected chi connectivity index (χ1v) is 5.81. The maximum absolute atomic E-state index is 11.6. The lowest BCUT2D eigenvalue weighted by molar-refractivity contribution is -0.117. The lowest BCUT2D eigenvalue weighted by atomic mass is 9.83. The summed E-state index contributed by atoms with van der Waals surface area (Å²) >= 11 is 5.67. The van der Waals surface area contributed by atoms with E-state index in [1.165, 1.54) is 12.5 Å². The fourth-order valence-corrected chi connectivity index (χ4v) is 1.88.